The third-order valence-electron chi connectivity index (χ3n) is 4.09. The molecule has 24 heavy (non-hydrogen) atoms. The maximum absolute atomic E-state index is 12.6. The number of nitrogens with zero attached hydrogens (tertiary/aromatic N) is 1. The van der Waals surface area contributed by atoms with Crippen LogP contribution in [-0.2, 0) is 11.2 Å². The molecule has 0 atom stereocenters. The van der Waals surface area contributed by atoms with Crippen LogP contribution in [-0.4, -0.2) is 25.7 Å². The summed E-state index contributed by atoms with van der Waals surface area (Å²) in [4.78, 5) is 14.4. The number of rotatable bonds is 5. The van der Waals surface area contributed by atoms with Crippen LogP contribution >= 0.6 is 0 Å². The molecule has 3 rings (SSSR count). The maximum atomic E-state index is 12.6. The number of amides is 1. The molecule has 0 saturated heterocycles. The molecular formula is C19H22N2O3. The van der Waals surface area contributed by atoms with Crippen molar-refractivity contribution in [3.63, 3.8) is 0 Å². The Morgan fingerprint density at radius 2 is 1.88 bits per heavy atom. The molecule has 0 unspecified atom stereocenters. The molecule has 0 bridgehead atoms. The van der Waals surface area contributed by atoms with Crippen LogP contribution in [0.3, 0.4) is 0 Å². The van der Waals surface area contributed by atoms with E-state index in [2.05, 4.69) is 0 Å². The van der Waals surface area contributed by atoms with Crippen LogP contribution < -0.4 is 20.1 Å². The van der Waals surface area contributed by atoms with E-state index < -0.39 is 0 Å². The Kier molecular flexibility index (Phi) is 4.89. The van der Waals surface area contributed by atoms with E-state index in [9.17, 15) is 4.79 Å². The van der Waals surface area contributed by atoms with Gasteiger partial charge in [0, 0.05) is 17.9 Å². The van der Waals surface area contributed by atoms with Gasteiger partial charge in [0.1, 0.15) is 0 Å². The van der Waals surface area contributed by atoms with Crippen LogP contribution in [0.25, 0.3) is 0 Å². The third kappa shape index (κ3) is 3.30. The quantitative estimate of drug-likeness (QED) is 0.858. The second-order valence-corrected chi connectivity index (χ2v) is 5.66. The van der Waals surface area contributed by atoms with Crippen molar-refractivity contribution in [3.8, 4) is 11.5 Å². The van der Waals surface area contributed by atoms with Crippen LogP contribution in [0.15, 0.2) is 42.5 Å². The van der Waals surface area contributed by atoms with Crippen LogP contribution in [0.4, 0.5) is 11.4 Å². The highest BCUT2D eigenvalue weighted by Crippen LogP contribution is 2.32. The number of fused-ring (bicyclic) bond motifs is 1. The molecule has 0 aliphatic carbocycles. The van der Waals surface area contributed by atoms with E-state index in [1.54, 1.807) is 11.0 Å². The smallest absolute Gasteiger partial charge is 0.264 e. The minimum absolute atomic E-state index is 0.0294. The van der Waals surface area contributed by atoms with Gasteiger partial charge in [0.2, 0.25) is 0 Å². The van der Waals surface area contributed by atoms with Crippen molar-refractivity contribution in [3.05, 3.63) is 48.0 Å². The second kappa shape index (κ2) is 7.25. The second-order valence-electron chi connectivity index (χ2n) is 5.66. The number of benzene rings is 2. The molecule has 1 aliphatic heterocycles. The molecule has 1 amide bonds. The van der Waals surface area contributed by atoms with E-state index >= 15 is 0 Å². The fraction of sp³-hybridized carbons (Fsp3) is 0.316. The zero-order chi connectivity index (χ0) is 16.9. The van der Waals surface area contributed by atoms with Gasteiger partial charge in [-0.15, -0.1) is 0 Å². The Morgan fingerprint density at radius 1 is 1.12 bits per heavy atom. The van der Waals surface area contributed by atoms with Crippen molar-refractivity contribution in [1.82, 2.24) is 0 Å². The fourth-order valence-electron chi connectivity index (χ4n) is 2.97. The van der Waals surface area contributed by atoms with Gasteiger partial charge in [-0.2, -0.15) is 0 Å². The van der Waals surface area contributed by atoms with Crippen molar-refractivity contribution in [2.45, 2.75) is 19.8 Å². The molecule has 0 saturated carbocycles. The van der Waals surface area contributed by atoms with E-state index in [1.807, 2.05) is 43.3 Å². The van der Waals surface area contributed by atoms with Crippen molar-refractivity contribution in [2.75, 3.05) is 30.4 Å². The van der Waals surface area contributed by atoms with E-state index in [0.29, 0.717) is 24.7 Å². The first kappa shape index (κ1) is 16.2. The number of hydrogen-bond donors (Lipinski definition) is 1. The SMILES string of the molecule is CCOc1ccccc1OCC(=O)N1CCCc2c(N)cccc21. The lowest BCUT2D eigenvalue weighted by atomic mass is 10.00. The largest absolute Gasteiger partial charge is 0.490 e. The lowest BCUT2D eigenvalue weighted by Crippen LogP contribution is -2.38. The first-order chi connectivity index (χ1) is 11.7. The molecule has 2 N–H and O–H groups in total. The highest BCUT2D eigenvalue weighted by molar-refractivity contribution is 5.96. The maximum Gasteiger partial charge on any atom is 0.264 e. The average Bonchev–Trinajstić information content (AvgIpc) is 2.61. The van der Waals surface area contributed by atoms with Gasteiger partial charge in [0.05, 0.1) is 6.61 Å². The Bertz CT molecular complexity index is 730. The van der Waals surface area contributed by atoms with Gasteiger partial charge < -0.3 is 20.1 Å². The molecular weight excluding hydrogens is 304 g/mol. The summed E-state index contributed by atoms with van der Waals surface area (Å²) in [6, 6.07) is 13.1. The van der Waals surface area contributed by atoms with Crippen molar-refractivity contribution in [2.24, 2.45) is 0 Å². The van der Waals surface area contributed by atoms with E-state index in [-0.39, 0.29) is 12.5 Å². The standard InChI is InChI=1S/C19H22N2O3/c1-2-23-17-10-3-4-11-18(17)24-13-19(22)21-12-6-7-14-15(20)8-5-9-16(14)21/h3-5,8-11H,2,6-7,12-13,20H2,1H3. The predicted octanol–water partition coefficient (Wildman–Crippen LogP) is 3.03. The minimum Gasteiger partial charge on any atom is -0.490 e. The number of carbonyl (C=O) groups is 1. The molecule has 1 heterocycles. The number of para-hydroxylation sites is 2. The van der Waals surface area contributed by atoms with E-state index in [4.69, 9.17) is 15.2 Å². The summed E-state index contributed by atoms with van der Waals surface area (Å²) in [6.07, 6.45) is 1.81. The first-order valence-corrected chi connectivity index (χ1v) is 8.23. The summed E-state index contributed by atoms with van der Waals surface area (Å²) in [7, 11) is 0. The monoisotopic (exact) mass is 326 g/mol. The molecule has 0 fully saturated rings. The third-order valence-corrected chi connectivity index (χ3v) is 4.09. The van der Waals surface area contributed by atoms with Gasteiger partial charge in [-0.1, -0.05) is 18.2 Å². The first-order valence-electron chi connectivity index (χ1n) is 8.23. The highest BCUT2D eigenvalue weighted by atomic mass is 16.5. The highest BCUT2D eigenvalue weighted by Gasteiger charge is 2.24. The van der Waals surface area contributed by atoms with Gasteiger partial charge >= 0.3 is 0 Å². The Hall–Kier alpha value is -2.69. The van der Waals surface area contributed by atoms with Crippen molar-refractivity contribution in [1.29, 1.82) is 0 Å². The molecule has 5 nitrogen and oxygen atoms in total. The summed E-state index contributed by atoms with van der Waals surface area (Å²) in [5, 5.41) is 0. The van der Waals surface area contributed by atoms with Gasteiger partial charge in [0.15, 0.2) is 18.1 Å². The Morgan fingerprint density at radius 3 is 2.62 bits per heavy atom. The number of ether oxygens (including phenoxy) is 2. The summed E-state index contributed by atoms with van der Waals surface area (Å²) >= 11 is 0. The Balaban J connectivity index is 1.72. The van der Waals surface area contributed by atoms with E-state index in [0.717, 1.165) is 29.8 Å². The average molecular weight is 326 g/mol. The summed E-state index contributed by atoms with van der Waals surface area (Å²) < 4.78 is 11.2. The van der Waals surface area contributed by atoms with Crippen LogP contribution in [0.5, 0.6) is 11.5 Å². The number of nitrogens with two attached hydrogens (primary N) is 1. The van der Waals surface area contributed by atoms with E-state index in [1.165, 1.54) is 0 Å². The molecule has 1 aliphatic rings. The molecule has 0 radical (unpaired) electrons. The zero-order valence-corrected chi connectivity index (χ0v) is 13.8. The van der Waals surface area contributed by atoms with Crippen molar-refractivity contribution >= 4 is 17.3 Å². The van der Waals surface area contributed by atoms with Crippen LogP contribution in [0.2, 0.25) is 0 Å². The lowest BCUT2D eigenvalue weighted by Gasteiger charge is -2.30. The number of carbonyl (C=O) groups excluding carboxylic acids is 1. The van der Waals surface area contributed by atoms with Gasteiger partial charge in [0.25, 0.3) is 5.91 Å². The lowest BCUT2D eigenvalue weighted by molar-refractivity contribution is -0.120. The number of hydrogen-bond acceptors (Lipinski definition) is 4. The van der Waals surface area contributed by atoms with Gasteiger partial charge in [-0.05, 0) is 49.6 Å². The molecule has 0 spiro atoms. The predicted molar refractivity (Wildman–Crippen MR) is 94.6 cm³/mol. The van der Waals surface area contributed by atoms with Crippen molar-refractivity contribution < 1.29 is 14.3 Å². The molecule has 5 heteroatoms. The summed E-state index contributed by atoms with van der Waals surface area (Å²) in [6.45, 7) is 3.12. The molecule has 126 valence electrons. The topological polar surface area (TPSA) is 64.8 Å². The molecule has 2 aromatic rings. The summed E-state index contributed by atoms with van der Waals surface area (Å²) in [5.41, 5.74) is 8.72. The van der Waals surface area contributed by atoms with Gasteiger partial charge in [-0.3, -0.25) is 4.79 Å². The minimum atomic E-state index is -0.0761. The zero-order valence-electron chi connectivity index (χ0n) is 13.8. The Labute approximate surface area is 142 Å². The summed E-state index contributed by atoms with van der Waals surface area (Å²) in [5.74, 6) is 1.15. The number of nitrogen functional groups attached to an aromatic ring is 1. The number of anilines is 2. The van der Waals surface area contributed by atoms with Crippen LogP contribution in [0, 0.1) is 0 Å². The molecule has 0 aromatic heterocycles. The van der Waals surface area contributed by atoms with Gasteiger partial charge in [-0.25, -0.2) is 0 Å². The molecule has 2 aromatic carbocycles. The fourth-order valence-corrected chi connectivity index (χ4v) is 2.97. The normalized spacial score (nSPS) is 13.3. The van der Waals surface area contributed by atoms with Crippen LogP contribution in [0.1, 0.15) is 18.9 Å².